The standard InChI is InChI=1S/C11H15ClN2O5S2/c12-11-10(2-1-4-13-11)21(18,19)14(5-6-15)9-3-7-20(16,17)8-9/h1-2,4,9,15H,3,5-8H2. The van der Waals surface area contributed by atoms with Gasteiger partial charge in [0.05, 0.1) is 18.1 Å². The molecular weight excluding hydrogens is 340 g/mol. The number of aliphatic hydroxyl groups is 1. The van der Waals surface area contributed by atoms with Crippen molar-refractivity contribution in [1.29, 1.82) is 0 Å². The zero-order chi connectivity index (χ0) is 15.7. The molecule has 7 nitrogen and oxygen atoms in total. The van der Waals surface area contributed by atoms with E-state index in [2.05, 4.69) is 4.98 Å². The third-order valence-corrected chi connectivity index (χ3v) is 7.39. The maximum Gasteiger partial charge on any atom is 0.246 e. The Morgan fingerprint density at radius 3 is 2.71 bits per heavy atom. The van der Waals surface area contributed by atoms with Crippen LogP contribution >= 0.6 is 11.6 Å². The van der Waals surface area contributed by atoms with Crippen LogP contribution in [0.5, 0.6) is 0 Å². The van der Waals surface area contributed by atoms with Gasteiger partial charge in [-0.1, -0.05) is 11.6 Å². The normalized spacial score (nSPS) is 21.8. The van der Waals surface area contributed by atoms with E-state index in [1.807, 2.05) is 0 Å². The molecule has 0 radical (unpaired) electrons. The lowest BCUT2D eigenvalue weighted by molar-refractivity contribution is 0.232. The van der Waals surface area contributed by atoms with Gasteiger partial charge in [-0.15, -0.1) is 0 Å². The highest BCUT2D eigenvalue weighted by Gasteiger charge is 2.39. The van der Waals surface area contributed by atoms with Gasteiger partial charge >= 0.3 is 0 Å². The van der Waals surface area contributed by atoms with Crippen LogP contribution in [0.25, 0.3) is 0 Å². The quantitative estimate of drug-likeness (QED) is 0.741. The first kappa shape index (κ1) is 16.6. The van der Waals surface area contributed by atoms with E-state index in [1.165, 1.54) is 18.3 Å². The third kappa shape index (κ3) is 3.54. The number of sulfonamides is 1. The summed E-state index contributed by atoms with van der Waals surface area (Å²) in [6.07, 6.45) is 1.57. The molecule has 1 N–H and O–H groups in total. The Labute approximate surface area is 128 Å². The second-order valence-corrected chi connectivity index (χ2v) is 9.13. The lowest BCUT2D eigenvalue weighted by Crippen LogP contribution is -2.42. The predicted molar refractivity (Wildman–Crippen MR) is 77.3 cm³/mol. The van der Waals surface area contributed by atoms with Gasteiger partial charge in [-0.3, -0.25) is 0 Å². The Bertz CT molecular complexity index is 720. The van der Waals surface area contributed by atoms with E-state index in [0.29, 0.717) is 0 Å². The number of pyridine rings is 1. The highest BCUT2D eigenvalue weighted by atomic mass is 35.5. The summed E-state index contributed by atoms with van der Waals surface area (Å²) in [5.41, 5.74) is 0. The summed E-state index contributed by atoms with van der Waals surface area (Å²) in [6.45, 7) is -0.596. The number of aromatic nitrogens is 1. The number of hydrogen-bond acceptors (Lipinski definition) is 6. The molecule has 1 fully saturated rings. The summed E-state index contributed by atoms with van der Waals surface area (Å²) < 4.78 is 49.4. The van der Waals surface area contributed by atoms with E-state index >= 15 is 0 Å². The molecule has 1 saturated heterocycles. The first-order valence-electron chi connectivity index (χ1n) is 6.21. The molecule has 0 aliphatic carbocycles. The van der Waals surface area contributed by atoms with E-state index in [1.54, 1.807) is 0 Å². The maximum absolute atomic E-state index is 12.6. The molecule has 1 aliphatic rings. The summed E-state index contributed by atoms with van der Waals surface area (Å²) in [5, 5.41) is 8.92. The van der Waals surface area contributed by atoms with Crippen molar-refractivity contribution < 1.29 is 21.9 Å². The van der Waals surface area contributed by atoms with Gasteiger partial charge < -0.3 is 5.11 Å². The number of sulfone groups is 1. The van der Waals surface area contributed by atoms with Gasteiger partial charge in [0, 0.05) is 18.8 Å². The van der Waals surface area contributed by atoms with E-state index in [9.17, 15) is 16.8 Å². The molecule has 0 spiro atoms. The van der Waals surface area contributed by atoms with Crippen LogP contribution in [0, 0.1) is 0 Å². The Balaban J connectivity index is 2.40. The summed E-state index contributed by atoms with van der Waals surface area (Å²) in [4.78, 5) is 3.53. The molecule has 10 heteroatoms. The molecule has 1 aromatic heterocycles. The van der Waals surface area contributed by atoms with Gasteiger partial charge in [0.25, 0.3) is 0 Å². The van der Waals surface area contributed by atoms with Crippen LogP contribution in [0.1, 0.15) is 6.42 Å². The molecule has 0 amide bonds. The summed E-state index contributed by atoms with van der Waals surface area (Å²) in [6, 6.07) is 2.04. The largest absolute Gasteiger partial charge is 0.395 e. The number of aliphatic hydroxyl groups excluding tert-OH is 1. The van der Waals surface area contributed by atoms with Gasteiger partial charge in [0.1, 0.15) is 10.0 Å². The predicted octanol–water partition coefficient (Wildman–Crippen LogP) is -0.0949. The van der Waals surface area contributed by atoms with Crippen LogP contribution in [0.15, 0.2) is 23.2 Å². The van der Waals surface area contributed by atoms with E-state index in [0.717, 1.165) is 4.31 Å². The number of hydrogen-bond donors (Lipinski definition) is 1. The van der Waals surface area contributed by atoms with Crippen LogP contribution in [-0.2, 0) is 19.9 Å². The monoisotopic (exact) mass is 354 g/mol. The topological polar surface area (TPSA) is 105 Å². The Hall–Kier alpha value is -0.740. The maximum atomic E-state index is 12.6. The van der Waals surface area contributed by atoms with Gasteiger partial charge in [0.15, 0.2) is 9.84 Å². The average Bonchev–Trinajstić information content (AvgIpc) is 2.76. The molecular formula is C11H15ClN2O5S2. The zero-order valence-electron chi connectivity index (χ0n) is 11.0. The van der Waals surface area contributed by atoms with Crippen LogP contribution in [-0.4, -0.2) is 61.9 Å². The van der Waals surface area contributed by atoms with Crippen molar-refractivity contribution in [3.8, 4) is 0 Å². The van der Waals surface area contributed by atoms with Gasteiger partial charge in [-0.2, -0.15) is 4.31 Å². The Kier molecular flexibility index (Phi) is 4.89. The first-order chi connectivity index (χ1) is 9.78. The average molecular weight is 355 g/mol. The van der Waals surface area contributed by atoms with Crippen molar-refractivity contribution in [2.45, 2.75) is 17.4 Å². The number of nitrogens with zero attached hydrogens (tertiary/aromatic N) is 2. The van der Waals surface area contributed by atoms with E-state index in [-0.39, 0.29) is 34.5 Å². The van der Waals surface area contributed by atoms with Crippen LogP contribution in [0.3, 0.4) is 0 Å². The second kappa shape index (κ2) is 6.17. The van der Waals surface area contributed by atoms with Crippen molar-refractivity contribution in [2.24, 2.45) is 0 Å². The molecule has 0 aromatic carbocycles. The lowest BCUT2D eigenvalue weighted by atomic mass is 10.3. The fourth-order valence-electron chi connectivity index (χ4n) is 2.29. The molecule has 2 heterocycles. The summed E-state index contributed by atoms with van der Waals surface area (Å²) in [7, 11) is -7.26. The summed E-state index contributed by atoms with van der Waals surface area (Å²) in [5.74, 6) is -0.306. The van der Waals surface area contributed by atoms with Gasteiger partial charge in [0.2, 0.25) is 10.0 Å². The molecule has 1 aliphatic heterocycles. The highest BCUT2D eigenvalue weighted by molar-refractivity contribution is 7.92. The first-order valence-corrected chi connectivity index (χ1v) is 9.85. The third-order valence-electron chi connectivity index (χ3n) is 3.25. The number of halogens is 1. The lowest BCUT2D eigenvalue weighted by Gasteiger charge is -2.26. The van der Waals surface area contributed by atoms with Crippen molar-refractivity contribution in [2.75, 3.05) is 24.7 Å². The minimum absolute atomic E-state index is 0.0596. The van der Waals surface area contributed by atoms with Crippen LogP contribution < -0.4 is 0 Å². The van der Waals surface area contributed by atoms with Crippen molar-refractivity contribution in [3.63, 3.8) is 0 Å². The van der Waals surface area contributed by atoms with Crippen molar-refractivity contribution in [1.82, 2.24) is 9.29 Å². The van der Waals surface area contributed by atoms with Gasteiger partial charge in [-0.05, 0) is 18.6 Å². The molecule has 118 valence electrons. The molecule has 1 aromatic rings. The van der Waals surface area contributed by atoms with Crippen LogP contribution in [0.4, 0.5) is 0 Å². The van der Waals surface area contributed by atoms with Gasteiger partial charge in [-0.25, -0.2) is 21.8 Å². The zero-order valence-corrected chi connectivity index (χ0v) is 13.4. The van der Waals surface area contributed by atoms with Crippen LogP contribution in [0.2, 0.25) is 5.15 Å². The minimum atomic E-state index is -4.01. The Morgan fingerprint density at radius 1 is 1.48 bits per heavy atom. The van der Waals surface area contributed by atoms with Crippen molar-refractivity contribution >= 4 is 31.5 Å². The fourth-order valence-corrected chi connectivity index (χ4v) is 6.19. The fraction of sp³-hybridized carbons (Fsp3) is 0.545. The minimum Gasteiger partial charge on any atom is -0.395 e. The van der Waals surface area contributed by atoms with E-state index in [4.69, 9.17) is 16.7 Å². The smallest absolute Gasteiger partial charge is 0.246 e. The molecule has 21 heavy (non-hydrogen) atoms. The van der Waals surface area contributed by atoms with E-state index < -0.39 is 32.5 Å². The molecule has 0 bridgehead atoms. The summed E-state index contributed by atoms with van der Waals surface area (Å²) >= 11 is 5.82. The SMILES string of the molecule is O=S1(=O)CCC(N(CCO)S(=O)(=O)c2cccnc2Cl)C1. The molecule has 0 saturated carbocycles. The number of rotatable bonds is 5. The highest BCUT2D eigenvalue weighted by Crippen LogP contribution is 2.27. The van der Waals surface area contributed by atoms with Crippen molar-refractivity contribution in [3.05, 3.63) is 23.5 Å². The molecule has 1 atom stereocenters. The molecule has 1 unspecified atom stereocenters. The second-order valence-electron chi connectivity index (χ2n) is 4.69. The Morgan fingerprint density at radius 2 is 2.19 bits per heavy atom. The molecule has 2 rings (SSSR count).